The summed E-state index contributed by atoms with van der Waals surface area (Å²) < 4.78 is 19.0. The van der Waals surface area contributed by atoms with Gasteiger partial charge in [0.2, 0.25) is 0 Å². The van der Waals surface area contributed by atoms with Gasteiger partial charge in [0.15, 0.2) is 0 Å². The first-order valence-electron chi connectivity index (χ1n) is 13.0. The van der Waals surface area contributed by atoms with E-state index in [0.717, 1.165) is 11.3 Å². The number of carbonyl (C=O) groups is 2. The number of anilines is 1. The SMILES string of the molecule is C[C@H]1CN(Cc2ccc(N(C)C(=O)c3ccc(Oc4cccc(F)c4)cn3)cc2)CC[N+]1(C(=O)O)C(C)(C)C. The predicted molar refractivity (Wildman–Crippen MR) is 148 cm³/mol. The van der Waals surface area contributed by atoms with Gasteiger partial charge < -0.3 is 14.7 Å². The molecule has 1 aliphatic rings. The number of ether oxygens (including phenoxy) is 1. The maximum absolute atomic E-state index is 13.4. The second-order valence-corrected chi connectivity index (χ2v) is 11.1. The Morgan fingerprint density at radius 2 is 1.85 bits per heavy atom. The Morgan fingerprint density at radius 1 is 1.13 bits per heavy atom. The van der Waals surface area contributed by atoms with Crippen LogP contribution >= 0.6 is 0 Å². The fourth-order valence-corrected chi connectivity index (χ4v) is 5.44. The smallest absolute Gasteiger partial charge is 0.456 e. The highest BCUT2D eigenvalue weighted by Gasteiger charge is 2.54. The molecule has 1 N–H and O–H groups in total. The Labute approximate surface area is 228 Å². The van der Waals surface area contributed by atoms with Gasteiger partial charge in [-0.2, -0.15) is 4.79 Å². The fourth-order valence-electron chi connectivity index (χ4n) is 5.44. The van der Waals surface area contributed by atoms with Crippen LogP contribution in [0.4, 0.5) is 14.9 Å². The molecule has 39 heavy (non-hydrogen) atoms. The third-order valence-electron chi connectivity index (χ3n) is 7.60. The van der Waals surface area contributed by atoms with E-state index < -0.39 is 11.9 Å². The first-order chi connectivity index (χ1) is 18.4. The van der Waals surface area contributed by atoms with E-state index in [0.29, 0.717) is 37.7 Å². The molecule has 4 rings (SSSR count). The van der Waals surface area contributed by atoms with Gasteiger partial charge in [-0.1, -0.05) is 18.2 Å². The van der Waals surface area contributed by atoms with Gasteiger partial charge in [-0.15, -0.1) is 0 Å². The molecule has 1 unspecified atom stereocenters. The molecule has 0 aliphatic carbocycles. The minimum atomic E-state index is -0.769. The minimum absolute atomic E-state index is 0.0441. The predicted octanol–water partition coefficient (Wildman–Crippen LogP) is 5.79. The van der Waals surface area contributed by atoms with Gasteiger partial charge in [0, 0.05) is 31.9 Å². The molecule has 2 heterocycles. The quantitative estimate of drug-likeness (QED) is 0.403. The van der Waals surface area contributed by atoms with Crippen molar-refractivity contribution >= 4 is 17.7 Å². The molecule has 8 nitrogen and oxygen atoms in total. The number of rotatable bonds is 6. The zero-order valence-corrected chi connectivity index (χ0v) is 23.1. The third kappa shape index (κ3) is 5.94. The highest BCUT2D eigenvalue weighted by Crippen LogP contribution is 2.33. The molecule has 1 saturated heterocycles. The number of carbonyl (C=O) groups excluding carboxylic acids is 1. The molecule has 1 aromatic heterocycles. The second-order valence-electron chi connectivity index (χ2n) is 11.1. The number of hydrogen-bond donors (Lipinski definition) is 1. The van der Waals surface area contributed by atoms with Crippen molar-refractivity contribution in [3.63, 3.8) is 0 Å². The molecule has 0 spiro atoms. The lowest BCUT2D eigenvalue weighted by atomic mass is 9.95. The van der Waals surface area contributed by atoms with Gasteiger partial charge in [-0.25, -0.2) is 13.9 Å². The van der Waals surface area contributed by atoms with Crippen molar-refractivity contribution in [2.45, 2.75) is 45.8 Å². The Morgan fingerprint density at radius 3 is 2.41 bits per heavy atom. The molecular weight excluding hydrogens is 499 g/mol. The topological polar surface area (TPSA) is 83.0 Å². The van der Waals surface area contributed by atoms with Gasteiger partial charge >= 0.3 is 6.09 Å². The molecule has 0 saturated carbocycles. The van der Waals surface area contributed by atoms with Gasteiger partial charge in [-0.05, 0) is 69.7 Å². The molecular formula is C30H36FN4O4+. The highest BCUT2D eigenvalue weighted by molar-refractivity contribution is 6.04. The Bertz CT molecular complexity index is 1320. The normalized spacial score (nSPS) is 19.9. The Balaban J connectivity index is 1.36. The zero-order chi connectivity index (χ0) is 28.4. The summed E-state index contributed by atoms with van der Waals surface area (Å²) in [6.45, 7) is 10.6. The van der Waals surface area contributed by atoms with Crippen molar-refractivity contribution in [1.82, 2.24) is 9.88 Å². The fraction of sp³-hybridized carbons (Fsp3) is 0.367. The lowest BCUT2D eigenvalue weighted by Crippen LogP contribution is -2.73. The number of benzene rings is 2. The lowest BCUT2D eigenvalue weighted by Gasteiger charge is -2.52. The van der Waals surface area contributed by atoms with E-state index in [-0.39, 0.29) is 27.7 Å². The summed E-state index contributed by atoms with van der Waals surface area (Å²) >= 11 is 0. The van der Waals surface area contributed by atoms with E-state index >= 15 is 0 Å². The van der Waals surface area contributed by atoms with Gasteiger partial charge in [0.25, 0.3) is 5.91 Å². The average molecular weight is 536 g/mol. The molecule has 2 amide bonds. The van der Waals surface area contributed by atoms with Gasteiger partial charge in [0.05, 0.1) is 12.7 Å². The molecule has 0 bridgehead atoms. The largest absolute Gasteiger partial charge is 0.514 e. The van der Waals surface area contributed by atoms with Crippen LogP contribution in [-0.4, -0.2) is 69.7 Å². The number of amides is 2. The number of hydrogen-bond acceptors (Lipinski definition) is 5. The van der Waals surface area contributed by atoms with Crippen LogP contribution in [0.25, 0.3) is 0 Å². The standard InChI is InChI=1S/C30H35FN4O4/c1-21-19-34(15-16-35(21,29(37)38)30(2,3)4)20-22-9-11-24(12-10-22)33(5)28(36)27-14-13-26(18-32-27)39-25-8-6-7-23(31)17-25/h6-14,17-18,21H,15-16,19-20H2,1-5H3/p+1/t21-,35?/m0/s1. The van der Waals surface area contributed by atoms with Crippen LogP contribution in [0.3, 0.4) is 0 Å². The average Bonchev–Trinajstić information content (AvgIpc) is 2.88. The summed E-state index contributed by atoms with van der Waals surface area (Å²) in [6.07, 6.45) is 0.668. The Hall–Kier alpha value is -3.82. The molecule has 2 atom stereocenters. The van der Waals surface area contributed by atoms with Gasteiger partial charge in [0.1, 0.15) is 41.1 Å². The number of nitrogens with zero attached hydrogens (tertiary/aromatic N) is 4. The third-order valence-corrected chi connectivity index (χ3v) is 7.60. The van der Waals surface area contributed by atoms with E-state index in [9.17, 15) is 19.1 Å². The molecule has 3 aromatic rings. The van der Waals surface area contributed by atoms with Crippen molar-refractivity contribution < 1.29 is 28.3 Å². The zero-order valence-electron chi connectivity index (χ0n) is 23.1. The monoisotopic (exact) mass is 535 g/mol. The molecule has 1 aliphatic heterocycles. The summed E-state index contributed by atoms with van der Waals surface area (Å²) in [6, 6.07) is 16.7. The number of carboxylic acid groups (broad SMARTS) is 1. The van der Waals surface area contributed by atoms with Crippen LogP contribution in [0.5, 0.6) is 11.5 Å². The first-order valence-corrected chi connectivity index (χ1v) is 13.0. The number of aromatic nitrogens is 1. The number of piperazine rings is 1. The second kappa shape index (κ2) is 11.1. The van der Waals surface area contributed by atoms with E-state index in [4.69, 9.17) is 4.74 Å². The summed E-state index contributed by atoms with van der Waals surface area (Å²) in [5.74, 6) is 0.0833. The summed E-state index contributed by atoms with van der Waals surface area (Å²) in [4.78, 5) is 33.3. The number of halogens is 1. The van der Waals surface area contributed by atoms with Crippen LogP contribution in [0.1, 0.15) is 43.7 Å². The highest BCUT2D eigenvalue weighted by atomic mass is 19.1. The van der Waals surface area contributed by atoms with Crippen LogP contribution in [0.15, 0.2) is 66.9 Å². The summed E-state index contributed by atoms with van der Waals surface area (Å²) in [5, 5.41) is 10.1. The van der Waals surface area contributed by atoms with Crippen LogP contribution in [-0.2, 0) is 6.54 Å². The molecule has 0 radical (unpaired) electrons. The van der Waals surface area contributed by atoms with Crippen molar-refractivity contribution in [3.8, 4) is 11.5 Å². The number of quaternary nitrogens is 1. The van der Waals surface area contributed by atoms with Crippen LogP contribution < -0.4 is 9.64 Å². The van der Waals surface area contributed by atoms with E-state index in [1.165, 1.54) is 23.2 Å². The minimum Gasteiger partial charge on any atom is -0.456 e. The Kier molecular flexibility index (Phi) is 8.04. The van der Waals surface area contributed by atoms with E-state index in [1.54, 1.807) is 31.3 Å². The maximum atomic E-state index is 13.4. The molecule has 1 fully saturated rings. The maximum Gasteiger partial charge on any atom is 0.514 e. The molecule has 206 valence electrons. The van der Waals surface area contributed by atoms with Crippen molar-refractivity contribution in [3.05, 3.63) is 83.9 Å². The van der Waals surface area contributed by atoms with Crippen LogP contribution in [0.2, 0.25) is 0 Å². The van der Waals surface area contributed by atoms with Crippen LogP contribution in [0, 0.1) is 5.82 Å². The first kappa shape index (κ1) is 28.2. The van der Waals surface area contributed by atoms with Crippen molar-refractivity contribution in [2.75, 3.05) is 31.6 Å². The summed E-state index contributed by atoms with van der Waals surface area (Å²) in [5.41, 5.74) is 1.69. The number of pyridine rings is 1. The van der Waals surface area contributed by atoms with Crippen molar-refractivity contribution in [1.29, 1.82) is 0 Å². The molecule has 9 heteroatoms. The van der Waals surface area contributed by atoms with E-state index in [2.05, 4.69) is 9.88 Å². The lowest BCUT2D eigenvalue weighted by molar-refractivity contribution is -0.929. The molecule has 2 aromatic carbocycles. The van der Waals surface area contributed by atoms with E-state index in [1.807, 2.05) is 52.0 Å². The summed E-state index contributed by atoms with van der Waals surface area (Å²) in [7, 11) is 1.69. The van der Waals surface area contributed by atoms with Crippen molar-refractivity contribution in [2.24, 2.45) is 0 Å². The van der Waals surface area contributed by atoms with Gasteiger partial charge in [-0.3, -0.25) is 9.69 Å².